The Morgan fingerprint density at radius 3 is 2.45 bits per heavy atom. The number of phenolic OH excluding ortho intramolecular Hbond substituents is 1. The second-order valence-corrected chi connectivity index (χ2v) is 4.46. The molecule has 98 valence electrons. The Balaban J connectivity index is 1.98. The van der Waals surface area contributed by atoms with Crippen LogP contribution >= 0.6 is 0 Å². The molecule has 3 heteroatoms. The van der Waals surface area contributed by atoms with Gasteiger partial charge in [-0.15, -0.1) is 0 Å². The third-order valence-electron chi connectivity index (χ3n) is 3.11. The molecule has 0 spiro atoms. The van der Waals surface area contributed by atoms with Gasteiger partial charge in [0.1, 0.15) is 11.6 Å². The van der Waals surface area contributed by atoms with Crippen molar-refractivity contribution in [1.82, 2.24) is 0 Å². The monoisotopic (exact) mass is 265 g/mol. The highest BCUT2D eigenvalue weighted by Crippen LogP contribution is 2.27. The molecule has 2 nitrogen and oxygen atoms in total. The molecule has 0 aliphatic rings. The minimum absolute atomic E-state index is 0.203. The first-order valence-corrected chi connectivity index (χ1v) is 6.24. The van der Waals surface area contributed by atoms with E-state index in [1.165, 1.54) is 12.1 Å². The molecule has 0 bridgehead atoms. The number of benzene rings is 3. The molecule has 20 heavy (non-hydrogen) atoms. The fourth-order valence-corrected chi connectivity index (χ4v) is 2.05. The van der Waals surface area contributed by atoms with Crippen molar-refractivity contribution < 1.29 is 9.50 Å². The molecule has 0 heterocycles. The molecular formula is C17H12FNO. The first-order valence-electron chi connectivity index (χ1n) is 6.24. The molecule has 0 radical (unpaired) electrons. The maximum Gasteiger partial charge on any atom is 0.132 e. The van der Waals surface area contributed by atoms with Gasteiger partial charge in [0.05, 0.1) is 5.69 Å². The molecule has 0 aliphatic carbocycles. The highest BCUT2D eigenvalue weighted by molar-refractivity contribution is 5.97. The lowest BCUT2D eigenvalue weighted by Crippen LogP contribution is -1.84. The van der Waals surface area contributed by atoms with Crippen molar-refractivity contribution in [3.8, 4) is 5.75 Å². The Bertz CT molecular complexity index is 779. The number of hydrogen-bond donors (Lipinski definition) is 1. The van der Waals surface area contributed by atoms with Crippen LogP contribution in [0.3, 0.4) is 0 Å². The number of halogens is 1. The Hall–Kier alpha value is -2.68. The molecule has 0 fully saturated rings. The second kappa shape index (κ2) is 5.13. The predicted molar refractivity (Wildman–Crippen MR) is 79.3 cm³/mol. The van der Waals surface area contributed by atoms with Crippen LogP contribution in [0.5, 0.6) is 5.75 Å². The molecule has 3 rings (SSSR count). The Kier molecular flexibility index (Phi) is 3.17. The van der Waals surface area contributed by atoms with Gasteiger partial charge in [0.2, 0.25) is 0 Å². The SMILES string of the molecule is Oc1c(C=Nc2ccc(F)cc2)ccc2ccccc12. The van der Waals surface area contributed by atoms with E-state index < -0.39 is 0 Å². The highest BCUT2D eigenvalue weighted by Gasteiger charge is 2.03. The van der Waals surface area contributed by atoms with Crippen molar-refractivity contribution in [2.75, 3.05) is 0 Å². The zero-order chi connectivity index (χ0) is 13.9. The molecule has 0 aliphatic heterocycles. The number of aromatic hydroxyl groups is 1. The maximum atomic E-state index is 12.8. The standard InChI is InChI=1S/C17H12FNO/c18-14-7-9-15(10-8-14)19-11-13-6-5-12-3-1-2-4-16(12)17(13)20/h1-11,20H. The lowest BCUT2D eigenvalue weighted by atomic mass is 10.1. The van der Waals surface area contributed by atoms with E-state index in [0.29, 0.717) is 11.3 Å². The number of fused-ring (bicyclic) bond motifs is 1. The van der Waals surface area contributed by atoms with Gasteiger partial charge in [-0.1, -0.05) is 30.3 Å². The van der Waals surface area contributed by atoms with Crippen molar-refractivity contribution >= 4 is 22.7 Å². The van der Waals surface area contributed by atoms with Crippen molar-refractivity contribution in [3.05, 3.63) is 72.0 Å². The maximum absolute atomic E-state index is 12.8. The lowest BCUT2D eigenvalue weighted by Gasteiger charge is -2.04. The van der Waals surface area contributed by atoms with E-state index in [2.05, 4.69) is 4.99 Å². The number of aliphatic imine (C=N–C) groups is 1. The summed E-state index contributed by atoms with van der Waals surface area (Å²) in [7, 11) is 0. The number of rotatable bonds is 2. The van der Waals surface area contributed by atoms with Gasteiger partial charge in [0.15, 0.2) is 0 Å². The molecule has 3 aromatic carbocycles. The van der Waals surface area contributed by atoms with Gasteiger partial charge in [0.25, 0.3) is 0 Å². The summed E-state index contributed by atoms with van der Waals surface area (Å²) in [6.45, 7) is 0. The van der Waals surface area contributed by atoms with E-state index in [0.717, 1.165) is 10.8 Å². The minimum Gasteiger partial charge on any atom is -0.507 e. The molecule has 0 saturated heterocycles. The fourth-order valence-electron chi connectivity index (χ4n) is 2.05. The number of phenols is 1. The quantitative estimate of drug-likeness (QED) is 0.683. The van der Waals surface area contributed by atoms with Crippen LogP contribution in [0.2, 0.25) is 0 Å². The van der Waals surface area contributed by atoms with Crippen LogP contribution in [0.15, 0.2) is 65.7 Å². The van der Waals surface area contributed by atoms with Gasteiger partial charge >= 0.3 is 0 Å². The van der Waals surface area contributed by atoms with Crippen LogP contribution in [0.4, 0.5) is 10.1 Å². The highest BCUT2D eigenvalue weighted by atomic mass is 19.1. The molecule has 0 unspecified atom stereocenters. The van der Waals surface area contributed by atoms with Gasteiger partial charge in [-0.05, 0) is 35.7 Å². The largest absolute Gasteiger partial charge is 0.507 e. The predicted octanol–water partition coefficient (Wildman–Crippen LogP) is 4.44. The molecule has 0 aromatic heterocycles. The van der Waals surface area contributed by atoms with Crippen LogP contribution in [0.1, 0.15) is 5.56 Å². The zero-order valence-electron chi connectivity index (χ0n) is 10.6. The van der Waals surface area contributed by atoms with E-state index in [-0.39, 0.29) is 11.6 Å². The first-order chi connectivity index (χ1) is 9.74. The van der Waals surface area contributed by atoms with Crippen molar-refractivity contribution in [1.29, 1.82) is 0 Å². The molecule has 1 N–H and O–H groups in total. The summed E-state index contributed by atoms with van der Waals surface area (Å²) in [5, 5.41) is 12.0. The van der Waals surface area contributed by atoms with Crippen molar-refractivity contribution in [3.63, 3.8) is 0 Å². The average Bonchev–Trinajstić information content (AvgIpc) is 2.49. The Morgan fingerprint density at radius 2 is 1.65 bits per heavy atom. The first kappa shape index (κ1) is 12.4. The fraction of sp³-hybridized carbons (Fsp3) is 0. The summed E-state index contributed by atoms with van der Waals surface area (Å²) in [6.07, 6.45) is 1.58. The van der Waals surface area contributed by atoms with Crippen LogP contribution in [-0.2, 0) is 0 Å². The van der Waals surface area contributed by atoms with Crippen LogP contribution in [-0.4, -0.2) is 11.3 Å². The second-order valence-electron chi connectivity index (χ2n) is 4.46. The number of hydrogen-bond acceptors (Lipinski definition) is 2. The van der Waals surface area contributed by atoms with Gasteiger partial charge in [-0.3, -0.25) is 4.99 Å². The van der Waals surface area contributed by atoms with E-state index in [9.17, 15) is 9.50 Å². The van der Waals surface area contributed by atoms with Crippen LogP contribution in [0, 0.1) is 5.82 Å². The van der Waals surface area contributed by atoms with E-state index >= 15 is 0 Å². The summed E-state index contributed by atoms with van der Waals surface area (Å²) in [6, 6.07) is 17.2. The molecule has 0 saturated carbocycles. The van der Waals surface area contributed by atoms with Gasteiger partial charge in [-0.25, -0.2) is 4.39 Å². The Morgan fingerprint density at radius 1 is 0.900 bits per heavy atom. The van der Waals surface area contributed by atoms with Crippen molar-refractivity contribution in [2.24, 2.45) is 4.99 Å². The summed E-state index contributed by atoms with van der Waals surface area (Å²) in [5.74, 6) is -0.0912. The molecule has 0 amide bonds. The van der Waals surface area contributed by atoms with Gasteiger partial charge in [-0.2, -0.15) is 0 Å². The summed E-state index contributed by atoms with van der Waals surface area (Å²) in [4.78, 5) is 4.23. The molecule has 3 aromatic rings. The summed E-state index contributed by atoms with van der Waals surface area (Å²) >= 11 is 0. The summed E-state index contributed by atoms with van der Waals surface area (Å²) < 4.78 is 12.8. The third-order valence-corrected chi connectivity index (χ3v) is 3.11. The van der Waals surface area contributed by atoms with E-state index in [4.69, 9.17) is 0 Å². The molecule has 0 atom stereocenters. The average molecular weight is 265 g/mol. The topological polar surface area (TPSA) is 32.6 Å². The third kappa shape index (κ3) is 2.38. The normalized spacial score (nSPS) is 11.2. The van der Waals surface area contributed by atoms with Gasteiger partial charge < -0.3 is 5.11 Å². The smallest absolute Gasteiger partial charge is 0.132 e. The summed E-state index contributed by atoms with van der Waals surface area (Å²) in [5.41, 5.74) is 1.27. The van der Waals surface area contributed by atoms with E-state index in [1.54, 1.807) is 18.3 Å². The minimum atomic E-state index is -0.294. The van der Waals surface area contributed by atoms with Gasteiger partial charge in [0, 0.05) is 17.2 Å². The zero-order valence-corrected chi connectivity index (χ0v) is 10.6. The lowest BCUT2D eigenvalue weighted by molar-refractivity contribution is 0.481. The number of nitrogens with zero attached hydrogens (tertiary/aromatic N) is 1. The van der Waals surface area contributed by atoms with Crippen LogP contribution in [0.25, 0.3) is 10.8 Å². The van der Waals surface area contributed by atoms with E-state index in [1.807, 2.05) is 36.4 Å². The van der Waals surface area contributed by atoms with Crippen LogP contribution < -0.4 is 0 Å². The Labute approximate surface area is 115 Å². The molecular weight excluding hydrogens is 253 g/mol. The van der Waals surface area contributed by atoms with Crippen molar-refractivity contribution in [2.45, 2.75) is 0 Å².